The molecule has 2 fully saturated rings. The van der Waals surface area contributed by atoms with Crippen molar-refractivity contribution in [3.05, 3.63) is 35.4 Å². The zero-order chi connectivity index (χ0) is 23.5. The summed E-state index contributed by atoms with van der Waals surface area (Å²) >= 11 is 0. The van der Waals surface area contributed by atoms with Crippen LogP contribution in [0.1, 0.15) is 70.4 Å². The lowest BCUT2D eigenvalue weighted by molar-refractivity contribution is -0.137. The normalized spacial score (nSPS) is 27.0. The highest BCUT2D eigenvalue weighted by atomic mass is 19.4. The van der Waals surface area contributed by atoms with Crippen LogP contribution in [0.4, 0.5) is 13.2 Å². The van der Waals surface area contributed by atoms with E-state index in [1.165, 1.54) is 6.07 Å². The van der Waals surface area contributed by atoms with Crippen LogP contribution in [0.25, 0.3) is 0 Å². The average Bonchev–Trinajstić information content (AvgIpc) is 3.11. The van der Waals surface area contributed by atoms with Crippen molar-refractivity contribution in [2.24, 2.45) is 5.92 Å². The first-order chi connectivity index (χ1) is 15.1. The van der Waals surface area contributed by atoms with Crippen molar-refractivity contribution in [1.29, 1.82) is 0 Å². The van der Waals surface area contributed by atoms with Gasteiger partial charge in [0.05, 0.1) is 11.6 Å². The van der Waals surface area contributed by atoms with Crippen LogP contribution < -0.4 is 5.32 Å². The summed E-state index contributed by atoms with van der Waals surface area (Å²) in [6.45, 7) is 7.66. The van der Waals surface area contributed by atoms with Crippen LogP contribution in [0.2, 0.25) is 0 Å². The quantitative estimate of drug-likeness (QED) is 0.597. The maximum absolute atomic E-state index is 13.2. The molecule has 3 rings (SSSR count). The van der Waals surface area contributed by atoms with E-state index in [-0.39, 0.29) is 24.5 Å². The number of hydrogen-bond acceptors (Lipinski definition) is 3. The third-order valence-corrected chi connectivity index (χ3v) is 7.41. The second-order valence-corrected chi connectivity index (χ2v) is 9.79. The van der Waals surface area contributed by atoms with E-state index in [2.05, 4.69) is 42.9 Å². The highest BCUT2D eigenvalue weighted by Crippen LogP contribution is 2.36. The number of amides is 1. The van der Waals surface area contributed by atoms with Gasteiger partial charge >= 0.3 is 6.18 Å². The van der Waals surface area contributed by atoms with E-state index in [1.54, 1.807) is 6.07 Å². The Bertz CT molecular complexity index is 767. The standard InChI is InChI=1S/C25H38F3N3O/c1-5-7-19-15-21(30(4)17(2)3)10-11-23(19)31-13-12-22(24(31)32)29-16-18-8-6-9-20(14-18)25(26,27)28/h6,8-9,14,17,19,21-23,29H,5,7,10-13,15-16H2,1-4H3/t19-,21-,22+,23+/m1/s1. The maximum atomic E-state index is 13.2. The van der Waals surface area contributed by atoms with E-state index in [0.29, 0.717) is 30.0 Å². The van der Waals surface area contributed by atoms with Crippen molar-refractivity contribution in [2.45, 2.75) is 96.2 Å². The minimum atomic E-state index is -4.35. The van der Waals surface area contributed by atoms with Gasteiger partial charge in [0.2, 0.25) is 5.91 Å². The average molecular weight is 454 g/mol. The SMILES string of the molecule is CCC[C@@H]1C[C@H](N(C)C(C)C)CC[C@@H]1N1CC[C@H](NCc2cccc(C(F)(F)F)c2)C1=O. The largest absolute Gasteiger partial charge is 0.416 e. The Morgan fingerprint density at radius 3 is 2.62 bits per heavy atom. The Morgan fingerprint density at radius 1 is 1.22 bits per heavy atom. The number of nitrogens with zero attached hydrogens (tertiary/aromatic N) is 2. The number of carbonyl (C=O) groups excluding carboxylic acids is 1. The molecule has 1 aliphatic heterocycles. The van der Waals surface area contributed by atoms with E-state index in [0.717, 1.165) is 50.8 Å². The molecule has 1 heterocycles. The first-order valence-corrected chi connectivity index (χ1v) is 12.0. The number of rotatable bonds is 8. The maximum Gasteiger partial charge on any atom is 0.416 e. The molecule has 1 aromatic rings. The van der Waals surface area contributed by atoms with Gasteiger partial charge in [0, 0.05) is 31.2 Å². The predicted octanol–water partition coefficient (Wildman–Crippen LogP) is 5.07. The summed E-state index contributed by atoms with van der Waals surface area (Å²) in [5.74, 6) is 0.616. The fourth-order valence-corrected chi connectivity index (χ4v) is 5.43. The topological polar surface area (TPSA) is 35.6 Å². The highest BCUT2D eigenvalue weighted by molar-refractivity contribution is 5.84. The third kappa shape index (κ3) is 5.84. The summed E-state index contributed by atoms with van der Waals surface area (Å²) in [4.78, 5) is 17.7. The van der Waals surface area contributed by atoms with Crippen LogP contribution in [-0.4, -0.2) is 53.5 Å². The van der Waals surface area contributed by atoms with Gasteiger partial charge in [-0.05, 0) is 70.5 Å². The molecule has 4 nitrogen and oxygen atoms in total. The Kier molecular flexibility index (Phi) is 8.26. The van der Waals surface area contributed by atoms with Crippen molar-refractivity contribution in [3.8, 4) is 0 Å². The smallest absolute Gasteiger partial charge is 0.338 e. The van der Waals surface area contributed by atoms with Gasteiger partial charge in [-0.3, -0.25) is 4.79 Å². The Labute approximate surface area is 190 Å². The van der Waals surface area contributed by atoms with Crippen molar-refractivity contribution in [3.63, 3.8) is 0 Å². The van der Waals surface area contributed by atoms with Gasteiger partial charge in [0.15, 0.2) is 0 Å². The molecular formula is C25H38F3N3O. The molecule has 0 aromatic heterocycles. The zero-order valence-electron chi connectivity index (χ0n) is 19.8. The lowest BCUT2D eigenvalue weighted by Gasteiger charge is -2.44. The number of carbonyl (C=O) groups is 1. The molecule has 2 aliphatic rings. The van der Waals surface area contributed by atoms with Gasteiger partial charge in [0.25, 0.3) is 0 Å². The van der Waals surface area contributed by atoms with Crippen LogP contribution in [0.5, 0.6) is 0 Å². The number of hydrogen-bond donors (Lipinski definition) is 1. The van der Waals surface area contributed by atoms with Gasteiger partial charge < -0.3 is 15.1 Å². The molecule has 0 unspecified atom stereocenters. The van der Waals surface area contributed by atoms with Crippen LogP contribution >= 0.6 is 0 Å². The molecule has 180 valence electrons. The Balaban J connectivity index is 1.60. The molecule has 7 heteroatoms. The molecule has 32 heavy (non-hydrogen) atoms. The molecular weight excluding hydrogens is 415 g/mol. The van der Waals surface area contributed by atoms with Gasteiger partial charge in [-0.25, -0.2) is 0 Å². The molecule has 1 amide bonds. The van der Waals surface area contributed by atoms with Crippen molar-refractivity contribution in [2.75, 3.05) is 13.6 Å². The van der Waals surface area contributed by atoms with Gasteiger partial charge in [-0.2, -0.15) is 13.2 Å². The molecule has 0 spiro atoms. The number of alkyl halides is 3. The van der Waals surface area contributed by atoms with Crippen LogP contribution in [-0.2, 0) is 17.5 Å². The van der Waals surface area contributed by atoms with Crippen LogP contribution in [0, 0.1) is 5.92 Å². The summed E-state index contributed by atoms with van der Waals surface area (Å²) in [5.41, 5.74) is -0.103. The third-order valence-electron chi connectivity index (χ3n) is 7.41. The predicted molar refractivity (Wildman–Crippen MR) is 121 cm³/mol. The Morgan fingerprint density at radius 2 is 1.97 bits per heavy atom. The lowest BCUT2D eigenvalue weighted by atomic mass is 9.77. The fraction of sp³-hybridized carbons (Fsp3) is 0.720. The number of benzene rings is 1. The second kappa shape index (κ2) is 10.6. The monoisotopic (exact) mass is 453 g/mol. The molecule has 1 aromatic carbocycles. The minimum absolute atomic E-state index is 0.110. The number of nitrogens with one attached hydrogen (secondary N) is 1. The molecule has 0 bridgehead atoms. The summed E-state index contributed by atoms with van der Waals surface area (Å²) < 4.78 is 38.9. The van der Waals surface area contributed by atoms with Crippen LogP contribution in [0.15, 0.2) is 24.3 Å². The van der Waals surface area contributed by atoms with Crippen molar-refractivity contribution < 1.29 is 18.0 Å². The summed E-state index contributed by atoms with van der Waals surface area (Å²) in [6.07, 6.45) is 1.84. The molecule has 0 radical (unpaired) electrons. The van der Waals surface area contributed by atoms with E-state index >= 15 is 0 Å². The first-order valence-electron chi connectivity index (χ1n) is 12.0. The number of likely N-dealkylation sites (tertiary alicyclic amines) is 1. The van der Waals surface area contributed by atoms with E-state index in [4.69, 9.17) is 0 Å². The summed E-state index contributed by atoms with van der Waals surface area (Å²) in [7, 11) is 2.20. The van der Waals surface area contributed by atoms with E-state index < -0.39 is 11.7 Å². The van der Waals surface area contributed by atoms with E-state index in [1.807, 2.05) is 0 Å². The van der Waals surface area contributed by atoms with Crippen molar-refractivity contribution in [1.82, 2.24) is 15.1 Å². The minimum Gasteiger partial charge on any atom is -0.338 e. The molecule has 4 atom stereocenters. The fourth-order valence-electron chi connectivity index (χ4n) is 5.43. The highest BCUT2D eigenvalue weighted by Gasteiger charge is 2.42. The molecule has 1 N–H and O–H groups in total. The second-order valence-electron chi connectivity index (χ2n) is 9.79. The Hall–Kier alpha value is -1.60. The van der Waals surface area contributed by atoms with Crippen molar-refractivity contribution >= 4 is 5.91 Å². The first kappa shape index (κ1) is 25.0. The summed E-state index contributed by atoms with van der Waals surface area (Å²) in [5, 5.41) is 3.22. The van der Waals surface area contributed by atoms with Gasteiger partial charge in [-0.1, -0.05) is 31.5 Å². The summed E-state index contributed by atoms with van der Waals surface area (Å²) in [6, 6.07) is 6.36. The number of halogens is 3. The van der Waals surface area contributed by atoms with Gasteiger partial charge in [0.1, 0.15) is 0 Å². The molecule has 1 aliphatic carbocycles. The lowest BCUT2D eigenvalue weighted by Crippen LogP contribution is -2.51. The van der Waals surface area contributed by atoms with E-state index in [9.17, 15) is 18.0 Å². The molecule has 1 saturated heterocycles. The molecule has 1 saturated carbocycles. The van der Waals surface area contributed by atoms with Crippen LogP contribution in [0.3, 0.4) is 0 Å². The zero-order valence-corrected chi connectivity index (χ0v) is 19.8. The van der Waals surface area contributed by atoms with Gasteiger partial charge in [-0.15, -0.1) is 0 Å².